The molecule has 0 unspecified atom stereocenters. The Kier molecular flexibility index (Phi) is 14.0. The largest absolute Gasteiger partial charge is 0.487 e. The predicted molar refractivity (Wildman–Crippen MR) is 166 cm³/mol. The number of nitrogen functional groups attached to an aromatic ring is 1. The van der Waals surface area contributed by atoms with E-state index in [9.17, 15) is 14.9 Å². The number of nitrogens with zero attached hydrogens (tertiary/aromatic N) is 1. The van der Waals surface area contributed by atoms with E-state index in [-0.39, 0.29) is 22.7 Å². The van der Waals surface area contributed by atoms with E-state index >= 15 is 0 Å². The first-order valence-electron chi connectivity index (χ1n) is 15.9. The number of ether oxygens (including phenoxy) is 2. The van der Waals surface area contributed by atoms with Gasteiger partial charge in [-0.2, -0.15) is 0 Å². The van der Waals surface area contributed by atoms with Crippen LogP contribution in [0.3, 0.4) is 0 Å². The summed E-state index contributed by atoms with van der Waals surface area (Å²) in [4.78, 5) is 24.0. The molecule has 7 nitrogen and oxygen atoms in total. The van der Waals surface area contributed by atoms with Crippen molar-refractivity contribution in [3.8, 4) is 11.5 Å². The van der Waals surface area contributed by atoms with E-state index in [4.69, 9.17) is 15.2 Å². The Morgan fingerprint density at radius 2 is 1.49 bits per heavy atom. The number of nitro groups is 1. The van der Waals surface area contributed by atoms with Crippen molar-refractivity contribution in [3.05, 3.63) is 57.6 Å². The molecule has 226 valence electrons. The molecular formula is C34H50N2O5. The van der Waals surface area contributed by atoms with Crippen LogP contribution >= 0.6 is 0 Å². The van der Waals surface area contributed by atoms with Gasteiger partial charge in [0.15, 0.2) is 5.75 Å². The highest BCUT2D eigenvalue weighted by Gasteiger charge is 2.24. The molecule has 1 aliphatic rings. The molecule has 1 aliphatic carbocycles. The second kappa shape index (κ2) is 17.7. The number of esters is 1. The van der Waals surface area contributed by atoms with Crippen LogP contribution in [0.4, 0.5) is 11.4 Å². The molecule has 41 heavy (non-hydrogen) atoms. The summed E-state index contributed by atoms with van der Waals surface area (Å²) in [5.74, 6) is 1.46. The smallest absolute Gasteiger partial charge is 0.345 e. The maximum absolute atomic E-state index is 12.9. The third kappa shape index (κ3) is 11.0. The molecule has 0 spiro atoms. The molecule has 0 atom stereocenters. The highest BCUT2D eigenvalue weighted by Crippen LogP contribution is 2.35. The maximum Gasteiger partial charge on any atom is 0.345 e. The predicted octanol–water partition coefficient (Wildman–Crippen LogP) is 9.45. The first kappa shape index (κ1) is 32.4. The lowest BCUT2D eigenvalue weighted by atomic mass is 9.78. The minimum Gasteiger partial charge on any atom is -0.487 e. The monoisotopic (exact) mass is 566 g/mol. The third-order valence-corrected chi connectivity index (χ3v) is 8.46. The van der Waals surface area contributed by atoms with Crippen molar-refractivity contribution in [2.75, 3.05) is 12.3 Å². The number of nitro benzene ring substituents is 1. The summed E-state index contributed by atoms with van der Waals surface area (Å²) < 4.78 is 11.2. The van der Waals surface area contributed by atoms with E-state index in [1.165, 1.54) is 88.7 Å². The Morgan fingerprint density at radius 1 is 0.878 bits per heavy atom. The Morgan fingerprint density at radius 3 is 2.15 bits per heavy atom. The zero-order valence-corrected chi connectivity index (χ0v) is 25.2. The zero-order valence-electron chi connectivity index (χ0n) is 25.2. The molecule has 0 saturated heterocycles. The van der Waals surface area contributed by atoms with Gasteiger partial charge in [-0.15, -0.1) is 0 Å². The lowest BCUT2D eigenvalue weighted by Crippen LogP contribution is -2.15. The van der Waals surface area contributed by atoms with Crippen molar-refractivity contribution < 1.29 is 19.2 Å². The summed E-state index contributed by atoms with van der Waals surface area (Å²) >= 11 is 0. The van der Waals surface area contributed by atoms with E-state index in [0.717, 1.165) is 43.6 Å². The molecule has 0 heterocycles. The van der Waals surface area contributed by atoms with Gasteiger partial charge < -0.3 is 15.2 Å². The molecule has 0 radical (unpaired) electrons. The molecule has 3 rings (SSSR count). The second-order valence-corrected chi connectivity index (χ2v) is 11.7. The van der Waals surface area contributed by atoms with Gasteiger partial charge in [0.25, 0.3) is 0 Å². The SMILES string of the molecule is CCCCCCCCOc1cc(N)c(C(=O)Oc2ccc(CCC3CCC(CCCCC)CC3)cc2)cc1[N+](=O)[O-]. The second-order valence-electron chi connectivity index (χ2n) is 11.7. The standard InChI is InChI=1S/C34H50N2O5/c1-3-5-7-8-9-11-23-40-33-25-31(35)30(24-32(33)36(38)39)34(37)41-29-21-19-28(20-22-29)18-17-27-15-13-26(14-16-27)12-10-6-4-2/h19-22,24-27H,3-18,23,35H2,1-2H3. The van der Waals surface area contributed by atoms with Gasteiger partial charge in [-0.1, -0.05) is 109 Å². The number of rotatable bonds is 18. The van der Waals surface area contributed by atoms with Gasteiger partial charge in [0.05, 0.1) is 22.8 Å². The molecule has 0 aromatic heterocycles. The molecule has 1 saturated carbocycles. The number of nitrogens with two attached hydrogens (primary N) is 1. The molecule has 0 bridgehead atoms. The minimum atomic E-state index is -0.725. The van der Waals surface area contributed by atoms with Gasteiger partial charge in [0.1, 0.15) is 5.75 Å². The van der Waals surface area contributed by atoms with Crippen molar-refractivity contribution >= 4 is 17.3 Å². The summed E-state index contributed by atoms with van der Waals surface area (Å²) in [7, 11) is 0. The molecule has 1 fully saturated rings. The number of anilines is 1. The van der Waals surface area contributed by atoms with Crippen LogP contribution < -0.4 is 15.2 Å². The highest BCUT2D eigenvalue weighted by molar-refractivity contribution is 5.97. The number of unbranched alkanes of at least 4 members (excludes halogenated alkanes) is 7. The van der Waals surface area contributed by atoms with E-state index < -0.39 is 10.9 Å². The molecule has 0 amide bonds. The van der Waals surface area contributed by atoms with Crippen LogP contribution in [-0.4, -0.2) is 17.5 Å². The quantitative estimate of drug-likeness (QED) is 0.0481. The van der Waals surface area contributed by atoms with E-state index in [0.29, 0.717) is 12.4 Å². The van der Waals surface area contributed by atoms with Crippen LogP contribution in [0, 0.1) is 22.0 Å². The van der Waals surface area contributed by atoms with Gasteiger partial charge in [-0.05, 0) is 48.8 Å². The van der Waals surface area contributed by atoms with Crippen LogP contribution in [0.5, 0.6) is 11.5 Å². The summed E-state index contributed by atoms with van der Waals surface area (Å²) in [5, 5.41) is 11.7. The Bertz CT molecular complexity index is 1080. The average molecular weight is 567 g/mol. The number of aryl methyl sites for hydroxylation is 1. The van der Waals surface area contributed by atoms with Crippen molar-refractivity contribution in [3.63, 3.8) is 0 Å². The maximum atomic E-state index is 12.9. The fourth-order valence-electron chi connectivity index (χ4n) is 5.83. The number of carbonyl (C=O) groups excluding carboxylic acids is 1. The first-order valence-corrected chi connectivity index (χ1v) is 15.9. The van der Waals surface area contributed by atoms with Crippen molar-refractivity contribution in [1.82, 2.24) is 0 Å². The molecule has 7 heteroatoms. The Balaban J connectivity index is 1.48. The Labute approximate surface area is 246 Å². The highest BCUT2D eigenvalue weighted by atomic mass is 16.6. The minimum absolute atomic E-state index is 0.0435. The normalized spacial score (nSPS) is 16.8. The van der Waals surface area contributed by atoms with E-state index in [1.54, 1.807) is 12.1 Å². The summed E-state index contributed by atoms with van der Waals surface area (Å²) in [5.41, 5.74) is 7.08. The summed E-state index contributed by atoms with van der Waals surface area (Å²) in [6.45, 7) is 4.80. The van der Waals surface area contributed by atoms with Gasteiger partial charge in [-0.25, -0.2) is 4.79 Å². The topological polar surface area (TPSA) is 105 Å². The third-order valence-electron chi connectivity index (χ3n) is 8.46. The van der Waals surface area contributed by atoms with Gasteiger partial charge in [-0.3, -0.25) is 10.1 Å². The Hall–Kier alpha value is -3.09. The average Bonchev–Trinajstić information content (AvgIpc) is 2.97. The van der Waals surface area contributed by atoms with Crippen molar-refractivity contribution in [2.45, 2.75) is 117 Å². The summed E-state index contributed by atoms with van der Waals surface area (Å²) in [6.07, 6.45) is 19.6. The fourth-order valence-corrected chi connectivity index (χ4v) is 5.83. The number of benzene rings is 2. The van der Waals surface area contributed by atoms with Crippen LogP contribution in [-0.2, 0) is 6.42 Å². The molecule has 2 N–H and O–H groups in total. The lowest BCUT2D eigenvalue weighted by Gasteiger charge is -2.28. The van der Waals surface area contributed by atoms with Crippen LogP contribution in [0.25, 0.3) is 0 Å². The number of hydrogen-bond donors (Lipinski definition) is 1. The lowest BCUT2D eigenvalue weighted by molar-refractivity contribution is -0.385. The van der Waals surface area contributed by atoms with Gasteiger partial charge in [0.2, 0.25) is 0 Å². The fraction of sp³-hybridized carbons (Fsp3) is 0.618. The molecule has 2 aromatic carbocycles. The van der Waals surface area contributed by atoms with Crippen molar-refractivity contribution in [1.29, 1.82) is 0 Å². The van der Waals surface area contributed by atoms with Crippen LogP contribution in [0.1, 0.15) is 126 Å². The molecule has 2 aromatic rings. The van der Waals surface area contributed by atoms with Gasteiger partial charge in [0, 0.05) is 12.1 Å². The van der Waals surface area contributed by atoms with Crippen LogP contribution in [0.15, 0.2) is 36.4 Å². The molecular weight excluding hydrogens is 516 g/mol. The summed E-state index contributed by atoms with van der Waals surface area (Å²) in [6, 6.07) is 10.0. The zero-order chi connectivity index (χ0) is 29.5. The number of hydrogen-bond acceptors (Lipinski definition) is 6. The first-order chi connectivity index (χ1) is 19.9. The van der Waals surface area contributed by atoms with E-state index in [1.807, 2.05) is 12.1 Å². The van der Waals surface area contributed by atoms with Gasteiger partial charge >= 0.3 is 11.7 Å². The number of carbonyl (C=O) groups is 1. The molecule has 0 aliphatic heterocycles. The van der Waals surface area contributed by atoms with E-state index in [2.05, 4.69) is 13.8 Å². The van der Waals surface area contributed by atoms with Crippen molar-refractivity contribution in [2.24, 2.45) is 11.8 Å². The van der Waals surface area contributed by atoms with Crippen LogP contribution in [0.2, 0.25) is 0 Å².